The lowest BCUT2D eigenvalue weighted by atomic mass is 10.1. The highest BCUT2D eigenvalue weighted by molar-refractivity contribution is 7.91. The van der Waals surface area contributed by atoms with E-state index in [9.17, 15) is 17.6 Å². The van der Waals surface area contributed by atoms with E-state index in [-0.39, 0.29) is 28.8 Å². The predicted molar refractivity (Wildman–Crippen MR) is 110 cm³/mol. The average Bonchev–Trinajstić information content (AvgIpc) is 3.02. The number of fused-ring (bicyclic) bond motifs is 1. The van der Waals surface area contributed by atoms with Crippen molar-refractivity contribution >= 4 is 37.3 Å². The highest BCUT2D eigenvalue weighted by Crippen LogP contribution is 2.19. The number of aromatic nitrogens is 1. The Morgan fingerprint density at radius 3 is 2.59 bits per heavy atom. The van der Waals surface area contributed by atoms with Crippen LogP contribution in [-0.4, -0.2) is 38.4 Å². The van der Waals surface area contributed by atoms with E-state index in [1.807, 2.05) is 4.57 Å². The molecule has 0 bridgehead atoms. The second kappa shape index (κ2) is 8.98. The number of methoxy groups -OCH3 is 1. The van der Waals surface area contributed by atoms with Gasteiger partial charge in [0, 0.05) is 13.7 Å². The quantitative estimate of drug-likeness (QED) is 0.571. The molecule has 0 unspecified atom stereocenters. The summed E-state index contributed by atoms with van der Waals surface area (Å²) >= 11 is 1.24. The topological polar surface area (TPSA) is 77.7 Å². The summed E-state index contributed by atoms with van der Waals surface area (Å²) in [6, 6.07) is 10.7. The normalized spacial score (nSPS) is 12.6. The smallest absolute Gasteiger partial charge is 0.252 e. The first-order valence-electron chi connectivity index (χ1n) is 9.01. The van der Waals surface area contributed by atoms with Crippen molar-refractivity contribution in [1.29, 1.82) is 0 Å². The SMILES string of the molecule is CCS(=O)(=O)c1ccc(CC(=O)N=c2sc3cc(F)ccc3n2CCOC)cc1. The molecule has 29 heavy (non-hydrogen) atoms. The van der Waals surface area contributed by atoms with Crippen LogP contribution >= 0.6 is 11.3 Å². The molecule has 1 amide bonds. The number of carbonyl (C=O) groups excluding carboxylic acids is 1. The van der Waals surface area contributed by atoms with Gasteiger partial charge in [0.15, 0.2) is 14.6 Å². The van der Waals surface area contributed by atoms with Gasteiger partial charge in [0.1, 0.15) is 5.82 Å². The number of hydrogen-bond donors (Lipinski definition) is 0. The van der Waals surface area contributed by atoms with E-state index in [0.717, 1.165) is 5.52 Å². The Hall–Kier alpha value is -2.36. The standard InChI is InChI=1S/C20H21FN2O4S2/c1-3-29(25,26)16-7-4-14(5-8-16)12-19(24)22-20-23(10-11-27-2)17-9-6-15(21)13-18(17)28-20/h4-9,13H,3,10-12H2,1-2H3. The molecule has 1 heterocycles. The van der Waals surface area contributed by atoms with Crippen molar-refractivity contribution in [2.24, 2.45) is 4.99 Å². The number of benzene rings is 2. The lowest BCUT2D eigenvalue weighted by molar-refractivity contribution is -0.117. The van der Waals surface area contributed by atoms with Crippen LogP contribution < -0.4 is 4.80 Å². The molecular formula is C20H21FN2O4S2. The summed E-state index contributed by atoms with van der Waals surface area (Å²) in [4.78, 5) is 17.4. The molecular weight excluding hydrogens is 415 g/mol. The summed E-state index contributed by atoms with van der Waals surface area (Å²) in [5.41, 5.74) is 1.46. The molecule has 6 nitrogen and oxygen atoms in total. The van der Waals surface area contributed by atoms with Crippen LogP contribution in [0.15, 0.2) is 52.4 Å². The molecule has 0 N–H and O–H groups in total. The Bertz CT molecular complexity index is 1200. The number of thiazole rings is 1. The van der Waals surface area contributed by atoms with Crippen molar-refractivity contribution in [3.63, 3.8) is 0 Å². The van der Waals surface area contributed by atoms with Gasteiger partial charge in [0.2, 0.25) is 0 Å². The zero-order valence-electron chi connectivity index (χ0n) is 16.1. The minimum atomic E-state index is -3.28. The third-order valence-corrected chi connectivity index (χ3v) is 7.19. The molecule has 0 spiro atoms. The molecule has 0 atom stereocenters. The van der Waals surface area contributed by atoms with E-state index in [1.165, 1.54) is 35.6 Å². The Morgan fingerprint density at radius 2 is 1.93 bits per heavy atom. The second-order valence-electron chi connectivity index (χ2n) is 6.37. The highest BCUT2D eigenvalue weighted by atomic mass is 32.2. The first kappa shape index (κ1) is 21.4. The summed E-state index contributed by atoms with van der Waals surface area (Å²) in [5.74, 6) is -0.693. The Morgan fingerprint density at radius 1 is 1.21 bits per heavy atom. The number of rotatable bonds is 7. The molecule has 2 aromatic carbocycles. The van der Waals surface area contributed by atoms with Crippen molar-refractivity contribution in [2.45, 2.75) is 24.8 Å². The molecule has 0 aliphatic rings. The number of nitrogens with zero attached hydrogens (tertiary/aromatic N) is 2. The zero-order chi connectivity index (χ0) is 21.0. The molecule has 0 fully saturated rings. The van der Waals surface area contributed by atoms with Crippen LogP contribution in [-0.2, 0) is 32.3 Å². The van der Waals surface area contributed by atoms with Gasteiger partial charge in [-0.05, 0) is 35.9 Å². The molecule has 0 radical (unpaired) electrons. The number of hydrogen-bond acceptors (Lipinski definition) is 5. The fourth-order valence-electron chi connectivity index (χ4n) is 2.83. The van der Waals surface area contributed by atoms with Crippen molar-refractivity contribution in [3.8, 4) is 0 Å². The van der Waals surface area contributed by atoms with Crippen LogP contribution in [0.5, 0.6) is 0 Å². The Balaban J connectivity index is 1.89. The average molecular weight is 437 g/mol. The van der Waals surface area contributed by atoms with Gasteiger partial charge in [0.05, 0.1) is 33.9 Å². The van der Waals surface area contributed by atoms with E-state index in [4.69, 9.17) is 4.74 Å². The number of sulfone groups is 1. The van der Waals surface area contributed by atoms with Crippen LogP contribution in [0.4, 0.5) is 4.39 Å². The molecule has 0 saturated carbocycles. The maximum Gasteiger partial charge on any atom is 0.252 e. The summed E-state index contributed by atoms with van der Waals surface area (Å²) in [6.45, 7) is 2.50. The fraction of sp³-hybridized carbons (Fsp3) is 0.300. The van der Waals surface area contributed by atoms with Crippen molar-refractivity contribution < 1.29 is 22.3 Å². The van der Waals surface area contributed by atoms with Gasteiger partial charge < -0.3 is 9.30 Å². The minimum Gasteiger partial charge on any atom is -0.383 e. The minimum absolute atomic E-state index is 0.0224. The Labute approximate surface area is 172 Å². The molecule has 0 aliphatic carbocycles. The molecule has 9 heteroatoms. The molecule has 1 aromatic heterocycles. The second-order valence-corrected chi connectivity index (χ2v) is 9.66. The van der Waals surface area contributed by atoms with Gasteiger partial charge in [-0.3, -0.25) is 4.79 Å². The summed E-state index contributed by atoms with van der Waals surface area (Å²) in [7, 11) is -1.69. The first-order chi connectivity index (χ1) is 13.8. The van der Waals surface area contributed by atoms with Gasteiger partial charge in [-0.1, -0.05) is 30.4 Å². The van der Waals surface area contributed by atoms with Gasteiger partial charge in [-0.2, -0.15) is 4.99 Å². The monoisotopic (exact) mass is 436 g/mol. The fourth-order valence-corrected chi connectivity index (χ4v) is 4.82. The highest BCUT2D eigenvalue weighted by Gasteiger charge is 2.12. The third kappa shape index (κ3) is 4.98. The number of ether oxygens (including phenoxy) is 1. The van der Waals surface area contributed by atoms with Crippen LogP contribution in [0.25, 0.3) is 10.2 Å². The largest absolute Gasteiger partial charge is 0.383 e. The number of halogens is 1. The summed E-state index contributed by atoms with van der Waals surface area (Å²) in [5, 5.41) is 0. The summed E-state index contributed by atoms with van der Waals surface area (Å²) < 4.78 is 45.0. The molecule has 0 saturated heterocycles. The van der Waals surface area contributed by atoms with Gasteiger partial charge >= 0.3 is 0 Å². The predicted octanol–water partition coefficient (Wildman–Crippen LogP) is 2.95. The van der Waals surface area contributed by atoms with Crippen LogP contribution in [0.3, 0.4) is 0 Å². The lowest BCUT2D eigenvalue weighted by Crippen LogP contribution is -2.19. The maximum atomic E-state index is 13.6. The first-order valence-corrected chi connectivity index (χ1v) is 11.5. The Kier molecular flexibility index (Phi) is 6.61. The molecule has 154 valence electrons. The van der Waals surface area contributed by atoms with E-state index in [2.05, 4.69) is 4.99 Å². The molecule has 3 aromatic rings. The zero-order valence-corrected chi connectivity index (χ0v) is 17.7. The lowest BCUT2D eigenvalue weighted by Gasteiger charge is -2.04. The van der Waals surface area contributed by atoms with Crippen LogP contribution in [0, 0.1) is 5.82 Å². The van der Waals surface area contributed by atoms with E-state index >= 15 is 0 Å². The maximum absolute atomic E-state index is 13.6. The third-order valence-electron chi connectivity index (χ3n) is 4.40. The molecule has 3 rings (SSSR count). The number of amides is 1. The van der Waals surface area contributed by atoms with E-state index in [1.54, 1.807) is 32.2 Å². The number of carbonyl (C=O) groups is 1. The van der Waals surface area contributed by atoms with Gasteiger partial charge in [-0.15, -0.1) is 0 Å². The van der Waals surface area contributed by atoms with Crippen molar-refractivity contribution in [2.75, 3.05) is 19.5 Å². The van der Waals surface area contributed by atoms with Crippen molar-refractivity contribution in [3.05, 3.63) is 58.6 Å². The van der Waals surface area contributed by atoms with Crippen LogP contribution in [0.1, 0.15) is 12.5 Å². The van der Waals surface area contributed by atoms with Gasteiger partial charge in [0.25, 0.3) is 5.91 Å². The van der Waals surface area contributed by atoms with E-state index < -0.39 is 9.84 Å². The molecule has 0 aliphatic heterocycles. The summed E-state index contributed by atoms with van der Waals surface area (Å²) in [6.07, 6.45) is 0.0410. The van der Waals surface area contributed by atoms with E-state index in [0.29, 0.717) is 28.2 Å². The van der Waals surface area contributed by atoms with Crippen molar-refractivity contribution in [1.82, 2.24) is 4.57 Å². The van der Waals surface area contributed by atoms with Crippen LogP contribution in [0.2, 0.25) is 0 Å². The van der Waals surface area contributed by atoms with Gasteiger partial charge in [-0.25, -0.2) is 12.8 Å².